The van der Waals surface area contributed by atoms with E-state index in [0.29, 0.717) is 22.7 Å². The summed E-state index contributed by atoms with van der Waals surface area (Å²) in [6.07, 6.45) is 22.7. The monoisotopic (exact) mass is 362 g/mol. The minimum absolute atomic E-state index is 0.401. The fraction of sp³-hybridized carbons (Fsp3) is 0.357. The third-order valence-corrected chi connectivity index (χ3v) is 8.19. The zero-order valence-electron chi connectivity index (χ0n) is 16.3. The van der Waals surface area contributed by atoms with Crippen molar-refractivity contribution in [3.63, 3.8) is 0 Å². The van der Waals surface area contributed by atoms with Crippen LogP contribution in [0.5, 0.6) is 0 Å². The van der Waals surface area contributed by atoms with Crippen molar-refractivity contribution in [3.05, 3.63) is 94.1 Å². The third-order valence-electron chi connectivity index (χ3n) is 8.19. The van der Waals surface area contributed by atoms with Gasteiger partial charge in [-0.15, -0.1) is 0 Å². The summed E-state index contributed by atoms with van der Waals surface area (Å²) in [6.45, 7) is 0. The van der Waals surface area contributed by atoms with Gasteiger partial charge in [0.25, 0.3) is 0 Å². The minimum Gasteiger partial charge on any atom is -0.0770 e. The van der Waals surface area contributed by atoms with Crippen LogP contribution in [0.4, 0.5) is 0 Å². The van der Waals surface area contributed by atoms with E-state index in [9.17, 15) is 0 Å². The molecule has 28 heavy (non-hydrogen) atoms. The fourth-order valence-electron chi connectivity index (χ4n) is 6.07. The standard InChI is InChI=1S/C28H26/c1-2-4-23-19(3-1)5-6-20(23)7-8-21-9-10-22-17-25-26(18-24(21)22)28(15-16-28)14-13-27(25)11-12-27/h1-6,9-10,13-14,17-18,20-21H,7-8,11-12,15-16H2. The Hall–Kier alpha value is -2.34. The van der Waals surface area contributed by atoms with E-state index in [1.807, 2.05) is 0 Å². The third kappa shape index (κ3) is 2.07. The second-order valence-corrected chi connectivity index (χ2v) is 9.81. The van der Waals surface area contributed by atoms with E-state index >= 15 is 0 Å². The van der Waals surface area contributed by atoms with Gasteiger partial charge in [0.2, 0.25) is 0 Å². The number of hydrogen-bond acceptors (Lipinski definition) is 0. The van der Waals surface area contributed by atoms with E-state index in [-0.39, 0.29) is 0 Å². The van der Waals surface area contributed by atoms with E-state index in [1.54, 1.807) is 16.7 Å². The van der Waals surface area contributed by atoms with Gasteiger partial charge in [-0.3, -0.25) is 0 Å². The smallest absolute Gasteiger partial charge is 0.0136 e. The van der Waals surface area contributed by atoms with Gasteiger partial charge in [-0.25, -0.2) is 0 Å². The zero-order chi connectivity index (χ0) is 18.3. The zero-order valence-corrected chi connectivity index (χ0v) is 16.3. The van der Waals surface area contributed by atoms with Gasteiger partial charge in [0.15, 0.2) is 0 Å². The summed E-state index contributed by atoms with van der Waals surface area (Å²) in [5.41, 5.74) is 10.2. The number of hydrogen-bond donors (Lipinski definition) is 0. The van der Waals surface area contributed by atoms with Crippen molar-refractivity contribution in [2.24, 2.45) is 0 Å². The lowest BCUT2D eigenvalue weighted by molar-refractivity contribution is 0.640. The van der Waals surface area contributed by atoms with Gasteiger partial charge in [-0.1, -0.05) is 72.9 Å². The van der Waals surface area contributed by atoms with E-state index in [1.165, 1.54) is 55.2 Å². The Kier molecular flexibility index (Phi) is 2.88. The first-order valence-corrected chi connectivity index (χ1v) is 11.1. The van der Waals surface area contributed by atoms with Crippen molar-refractivity contribution in [1.29, 1.82) is 0 Å². The van der Waals surface area contributed by atoms with Crippen LogP contribution in [0.3, 0.4) is 0 Å². The molecule has 0 N–H and O–H groups in total. The maximum atomic E-state index is 2.63. The lowest BCUT2D eigenvalue weighted by Crippen LogP contribution is -2.20. The first-order valence-electron chi connectivity index (χ1n) is 11.1. The van der Waals surface area contributed by atoms with Crippen LogP contribution < -0.4 is 0 Å². The van der Waals surface area contributed by atoms with Crippen LogP contribution in [0.1, 0.15) is 83.7 Å². The summed E-state index contributed by atoms with van der Waals surface area (Å²) in [7, 11) is 0. The molecule has 0 aromatic heterocycles. The molecule has 2 unspecified atom stereocenters. The Morgan fingerprint density at radius 3 is 2.00 bits per heavy atom. The van der Waals surface area contributed by atoms with Gasteiger partial charge in [-0.05, 0) is 71.9 Å². The van der Waals surface area contributed by atoms with Crippen LogP contribution in [-0.2, 0) is 10.8 Å². The summed E-state index contributed by atoms with van der Waals surface area (Å²) in [4.78, 5) is 0. The Morgan fingerprint density at radius 2 is 1.29 bits per heavy atom. The molecular formula is C28H26. The summed E-state index contributed by atoms with van der Waals surface area (Å²) >= 11 is 0. The number of benzene rings is 2. The van der Waals surface area contributed by atoms with Crippen molar-refractivity contribution in [2.75, 3.05) is 0 Å². The van der Waals surface area contributed by atoms with Crippen LogP contribution in [-0.4, -0.2) is 0 Å². The average Bonchev–Trinajstić information content (AvgIpc) is 3.61. The van der Waals surface area contributed by atoms with E-state index in [4.69, 9.17) is 0 Å². The fourth-order valence-corrected chi connectivity index (χ4v) is 6.07. The molecule has 138 valence electrons. The normalized spacial score (nSPS) is 27.9. The summed E-state index contributed by atoms with van der Waals surface area (Å²) < 4.78 is 0. The molecule has 0 heteroatoms. The van der Waals surface area contributed by atoms with E-state index in [2.05, 4.69) is 72.9 Å². The Bertz CT molecular complexity index is 1090. The topological polar surface area (TPSA) is 0 Å². The molecule has 0 heterocycles. The largest absolute Gasteiger partial charge is 0.0770 e. The molecule has 2 aromatic carbocycles. The molecule has 0 radical (unpaired) electrons. The highest BCUT2D eigenvalue weighted by molar-refractivity contribution is 5.69. The van der Waals surface area contributed by atoms with Gasteiger partial charge < -0.3 is 0 Å². The van der Waals surface area contributed by atoms with Gasteiger partial charge in [0.05, 0.1) is 0 Å². The second kappa shape index (κ2) is 5.17. The molecule has 0 amide bonds. The van der Waals surface area contributed by atoms with Gasteiger partial charge >= 0.3 is 0 Å². The summed E-state index contributed by atoms with van der Waals surface area (Å²) in [5, 5.41) is 0. The summed E-state index contributed by atoms with van der Waals surface area (Å²) in [6, 6.07) is 14.1. The molecule has 2 saturated carbocycles. The van der Waals surface area contributed by atoms with Gasteiger partial charge in [0, 0.05) is 22.7 Å². The van der Waals surface area contributed by atoms with Crippen LogP contribution >= 0.6 is 0 Å². The minimum atomic E-state index is 0.401. The SMILES string of the molecule is C1=CC(CCC2C=Cc3cc4c(cc32)C2(C=CC43CC3)CC2)c2ccccc21. The van der Waals surface area contributed by atoms with Crippen LogP contribution in [0.25, 0.3) is 12.2 Å². The lowest BCUT2D eigenvalue weighted by atomic mass is 9.75. The van der Waals surface area contributed by atoms with Crippen LogP contribution in [0, 0.1) is 0 Å². The van der Waals surface area contributed by atoms with Crippen molar-refractivity contribution in [2.45, 2.75) is 61.2 Å². The maximum Gasteiger partial charge on any atom is 0.0136 e. The molecule has 2 atom stereocenters. The Labute approximate surface area is 167 Å². The number of fused-ring (bicyclic) bond motifs is 5. The highest BCUT2D eigenvalue weighted by Crippen LogP contribution is 2.62. The van der Waals surface area contributed by atoms with E-state index < -0.39 is 0 Å². The maximum absolute atomic E-state index is 2.63. The lowest BCUT2D eigenvalue weighted by Gasteiger charge is -2.29. The molecule has 0 nitrogen and oxygen atoms in total. The molecule has 2 spiro atoms. The van der Waals surface area contributed by atoms with Crippen molar-refractivity contribution < 1.29 is 0 Å². The average molecular weight is 363 g/mol. The first kappa shape index (κ1) is 15.6. The summed E-state index contributed by atoms with van der Waals surface area (Å²) in [5.74, 6) is 1.19. The van der Waals surface area contributed by atoms with Crippen molar-refractivity contribution in [1.82, 2.24) is 0 Å². The molecule has 0 aliphatic heterocycles. The number of allylic oxidation sites excluding steroid dienone is 4. The highest BCUT2D eigenvalue weighted by Gasteiger charge is 2.54. The predicted molar refractivity (Wildman–Crippen MR) is 117 cm³/mol. The quantitative estimate of drug-likeness (QED) is 0.515. The molecule has 0 saturated heterocycles. The molecule has 5 aliphatic carbocycles. The van der Waals surface area contributed by atoms with Crippen LogP contribution in [0.2, 0.25) is 0 Å². The Balaban J connectivity index is 1.19. The van der Waals surface area contributed by atoms with Gasteiger partial charge in [0.1, 0.15) is 0 Å². The van der Waals surface area contributed by atoms with Crippen molar-refractivity contribution >= 4 is 12.2 Å². The molecule has 2 fully saturated rings. The molecule has 5 aliphatic rings. The number of rotatable bonds is 3. The first-order chi connectivity index (χ1) is 13.8. The van der Waals surface area contributed by atoms with E-state index in [0.717, 1.165) is 0 Å². The molecular weight excluding hydrogens is 336 g/mol. The Morgan fingerprint density at radius 1 is 0.679 bits per heavy atom. The van der Waals surface area contributed by atoms with Gasteiger partial charge in [-0.2, -0.15) is 0 Å². The second-order valence-electron chi connectivity index (χ2n) is 9.81. The van der Waals surface area contributed by atoms with Crippen molar-refractivity contribution in [3.8, 4) is 0 Å². The molecule has 0 bridgehead atoms. The molecule has 7 rings (SSSR count). The predicted octanol–water partition coefficient (Wildman–Crippen LogP) is 7.02. The highest BCUT2D eigenvalue weighted by atomic mass is 14.6. The molecule has 2 aromatic rings. The van der Waals surface area contributed by atoms with Crippen LogP contribution in [0.15, 0.2) is 60.7 Å².